The number of hydrogen-bond donors (Lipinski definition) is 2. The molecule has 4 rings (SSSR count). The van der Waals surface area contributed by atoms with Gasteiger partial charge >= 0.3 is 17.8 Å². The van der Waals surface area contributed by atoms with Gasteiger partial charge < -0.3 is 11.1 Å². The van der Waals surface area contributed by atoms with Gasteiger partial charge in [0.1, 0.15) is 6.54 Å². The lowest BCUT2D eigenvalue weighted by Crippen LogP contribution is -2.45. The van der Waals surface area contributed by atoms with Crippen molar-refractivity contribution in [2.75, 3.05) is 11.9 Å². The van der Waals surface area contributed by atoms with Crippen LogP contribution in [0.4, 0.5) is 10.5 Å². The molecule has 9 nitrogen and oxygen atoms in total. The SMILES string of the molecule is C[C@H]([C@@H]1C[C@H]2CC[C@H]1C2)N1C(=O)C(=O)N(CC(=O)Nc2ccc(C(N)=O)cc2)C1=O. The van der Waals surface area contributed by atoms with Crippen molar-refractivity contribution in [2.45, 2.75) is 38.6 Å². The molecule has 2 aliphatic carbocycles. The van der Waals surface area contributed by atoms with Gasteiger partial charge in [-0.2, -0.15) is 0 Å². The Bertz CT molecular complexity index is 928. The summed E-state index contributed by atoms with van der Waals surface area (Å²) in [5, 5.41) is 2.55. The third-order valence-electron chi connectivity index (χ3n) is 6.66. The van der Waals surface area contributed by atoms with Crippen LogP contribution in [0.5, 0.6) is 0 Å². The van der Waals surface area contributed by atoms with Gasteiger partial charge in [0.15, 0.2) is 0 Å². The highest BCUT2D eigenvalue weighted by Gasteiger charge is 2.52. The second-order valence-corrected chi connectivity index (χ2v) is 8.42. The van der Waals surface area contributed by atoms with Crippen LogP contribution in [0.2, 0.25) is 0 Å². The average Bonchev–Trinajstić information content (AvgIpc) is 3.39. The number of imide groups is 2. The van der Waals surface area contributed by atoms with Gasteiger partial charge in [-0.25, -0.2) is 9.69 Å². The predicted octanol–water partition coefficient (Wildman–Crippen LogP) is 1.34. The van der Waals surface area contributed by atoms with E-state index in [1.54, 1.807) is 0 Å². The summed E-state index contributed by atoms with van der Waals surface area (Å²) in [5.41, 5.74) is 5.84. The van der Waals surface area contributed by atoms with E-state index in [1.807, 2.05) is 6.92 Å². The van der Waals surface area contributed by atoms with Crippen LogP contribution >= 0.6 is 0 Å². The average molecular weight is 412 g/mol. The Kier molecular flexibility index (Phi) is 5.05. The van der Waals surface area contributed by atoms with Crippen LogP contribution in [-0.2, 0) is 14.4 Å². The fraction of sp³-hybridized carbons (Fsp3) is 0.476. The van der Waals surface area contributed by atoms with Crippen molar-refractivity contribution in [1.82, 2.24) is 9.80 Å². The van der Waals surface area contributed by atoms with E-state index in [4.69, 9.17) is 5.73 Å². The summed E-state index contributed by atoms with van der Waals surface area (Å²) in [5.74, 6) is -1.71. The van der Waals surface area contributed by atoms with E-state index in [2.05, 4.69) is 5.32 Å². The van der Waals surface area contributed by atoms with Crippen molar-refractivity contribution in [3.63, 3.8) is 0 Å². The summed E-state index contributed by atoms with van der Waals surface area (Å²) in [6.07, 6.45) is 4.39. The van der Waals surface area contributed by atoms with Crippen molar-refractivity contribution in [3.05, 3.63) is 29.8 Å². The molecule has 9 heteroatoms. The van der Waals surface area contributed by atoms with Gasteiger partial charge in [0.05, 0.1) is 0 Å². The molecule has 2 bridgehead atoms. The molecule has 2 saturated carbocycles. The highest BCUT2D eigenvalue weighted by molar-refractivity contribution is 6.45. The first-order valence-electron chi connectivity index (χ1n) is 10.1. The van der Waals surface area contributed by atoms with Gasteiger partial charge in [-0.05, 0) is 68.2 Å². The van der Waals surface area contributed by atoms with Crippen molar-refractivity contribution in [1.29, 1.82) is 0 Å². The lowest BCUT2D eigenvalue weighted by Gasteiger charge is -2.32. The predicted molar refractivity (Wildman–Crippen MR) is 106 cm³/mol. The van der Waals surface area contributed by atoms with Gasteiger partial charge in [0.25, 0.3) is 0 Å². The van der Waals surface area contributed by atoms with Crippen molar-refractivity contribution in [2.24, 2.45) is 23.5 Å². The number of nitrogens with zero attached hydrogens (tertiary/aromatic N) is 2. The molecule has 1 aromatic rings. The second-order valence-electron chi connectivity index (χ2n) is 8.42. The Morgan fingerprint density at radius 1 is 1.10 bits per heavy atom. The molecule has 3 fully saturated rings. The molecule has 0 unspecified atom stereocenters. The number of urea groups is 1. The first-order chi connectivity index (χ1) is 14.3. The number of primary amides is 1. The minimum absolute atomic E-state index is 0.210. The van der Waals surface area contributed by atoms with E-state index < -0.39 is 36.2 Å². The number of nitrogens with two attached hydrogens (primary N) is 1. The second kappa shape index (κ2) is 7.55. The number of carbonyl (C=O) groups excluding carboxylic acids is 5. The number of fused-ring (bicyclic) bond motifs is 2. The van der Waals surface area contributed by atoms with Gasteiger partial charge in [-0.15, -0.1) is 0 Å². The van der Waals surface area contributed by atoms with Crippen LogP contribution in [0, 0.1) is 17.8 Å². The molecule has 158 valence electrons. The summed E-state index contributed by atoms with van der Waals surface area (Å²) in [7, 11) is 0. The molecule has 1 aliphatic heterocycles. The van der Waals surface area contributed by atoms with Crippen molar-refractivity contribution < 1.29 is 24.0 Å². The van der Waals surface area contributed by atoms with Gasteiger partial charge in [0.2, 0.25) is 11.8 Å². The summed E-state index contributed by atoms with van der Waals surface area (Å²) in [6, 6.07) is 4.78. The van der Waals surface area contributed by atoms with E-state index in [0.29, 0.717) is 22.4 Å². The summed E-state index contributed by atoms with van der Waals surface area (Å²) in [6.45, 7) is 1.26. The minimum atomic E-state index is -0.978. The van der Waals surface area contributed by atoms with Gasteiger partial charge in [0, 0.05) is 17.3 Å². The summed E-state index contributed by atoms with van der Waals surface area (Å²) < 4.78 is 0. The van der Waals surface area contributed by atoms with Crippen LogP contribution < -0.4 is 11.1 Å². The molecule has 1 saturated heterocycles. The highest BCUT2D eigenvalue weighted by atomic mass is 16.2. The van der Waals surface area contributed by atoms with Crippen LogP contribution in [0.3, 0.4) is 0 Å². The normalized spacial score (nSPS) is 26.4. The Morgan fingerprint density at radius 3 is 2.37 bits per heavy atom. The van der Waals surface area contributed by atoms with Crippen LogP contribution in [0.1, 0.15) is 43.0 Å². The number of carbonyl (C=O) groups is 5. The Hall–Kier alpha value is -3.23. The number of hydrogen-bond acceptors (Lipinski definition) is 5. The maximum Gasteiger partial charge on any atom is 0.334 e. The molecular weight excluding hydrogens is 388 g/mol. The molecule has 1 heterocycles. The molecule has 1 aromatic carbocycles. The first-order valence-corrected chi connectivity index (χ1v) is 10.1. The summed E-state index contributed by atoms with van der Waals surface area (Å²) in [4.78, 5) is 62.9. The smallest absolute Gasteiger partial charge is 0.334 e. The minimum Gasteiger partial charge on any atom is -0.366 e. The molecule has 4 atom stereocenters. The molecular formula is C21H24N4O5. The zero-order chi connectivity index (χ0) is 21.6. The van der Waals surface area contributed by atoms with Crippen LogP contribution in [-0.4, -0.2) is 52.0 Å². The van der Waals surface area contributed by atoms with E-state index in [9.17, 15) is 24.0 Å². The van der Waals surface area contributed by atoms with Crippen molar-refractivity contribution in [3.8, 4) is 0 Å². The highest BCUT2D eigenvalue weighted by Crippen LogP contribution is 2.50. The van der Waals surface area contributed by atoms with E-state index in [0.717, 1.165) is 24.2 Å². The lowest BCUT2D eigenvalue weighted by atomic mass is 9.83. The number of amides is 6. The van der Waals surface area contributed by atoms with Crippen molar-refractivity contribution >= 4 is 35.3 Å². The van der Waals surface area contributed by atoms with E-state index in [-0.39, 0.29) is 17.5 Å². The zero-order valence-electron chi connectivity index (χ0n) is 16.7. The Balaban J connectivity index is 1.41. The molecule has 30 heavy (non-hydrogen) atoms. The van der Waals surface area contributed by atoms with E-state index in [1.165, 1.54) is 30.7 Å². The number of rotatable bonds is 6. The summed E-state index contributed by atoms with van der Waals surface area (Å²) >= 11 is 0. The van der Waals surface area contributed by atoms with Gasteiger partial charge in [-0.1, -0.05) is 6.42 Å². The fourth-order valence-corrected chi connectivity index (χ4v) is 5.16. The number of nitrogens with one attached hydrogen (secondary N) is 1. The topological polar surface area (TPSA) is 130 Å². The first kappa shape index (κ1) is 20.1. The van der Waals surface area contributed by atoms with Gasteiger partial charge in [-0.3, -0.25) is 24.1 Å². The van der Waals surface area contributed by atoms with Crippen LogP contribution in [0.25, 0.3) is 0 Å². The third kappa shape index (κ3) is 3.44. The third-order valence-corrected chi connectivity index (χ3v) is 6.66. The van der Waals surface area contributed by atoms with E-state index >= 15 is 0 Å². The standard InChI is InChI=1S/C21H24N4O5/c1-11(16-9-12-2-3-14(16)8-12)25-20(29)19(28)24(21(25)30)10-17(26)23-15-6-4-13(5-7-15)18(22)27/h4-7,11-12,14,16H,2-3,8-10H2,1H3,(H2,22,27)(H,23,26)/t11-,12+,14+,16+/m1/s1. The fourth-order valence-electron chi connectivity index (χ4n) is 5.16. The quantitative estimate of drug-likeness (QED) is 0.538. The maximum atomic E-state index is 12.8. The molecule has 3 N–H and O–H groups in total. The lowest BCUT2D eigenvalue weighted by molar-refractivity contribution is -0.144. The monoisotopic (exact) mass is 412 g/mol. The molecule has 0 radical (unpaired) electrons. The maximum absolute atomic E-state index is 12.8. The largest absolute Gasteiger partial charge is 0.366 e. The molecule has 0 spiro atoms. The Morgan fingerprint density at radius 2 is 1.80 bits per heavy atom. The molecule has 6 amide bonds. The number of anilines is 1. The molecule has 3 aliphatic rings. The Labute approximate surface area is 173 Å². The number of benzene rings is 1. The zero-order valence-corrected chi connectivity index (χ0v) is 16.7. The van der Waals surface area contributed by atoms with Crippen LogP contribution in [0.15, 0.2) is 24.3 Å². The molecule has 0 aromatic heterocycles.